The summed E-state index contributed by atoms with van der Waals surface area (Å²) in [5.41, 5.74) is 0. The first-order valence-corrected chi connectivity index (χ1v) is 3.80. The van der Waals surface area contributed by atoms with E-state index < -0.39 is 12.0 Å². The summed E-state index contributed by atoms with van der Waals surface area (Å²) in [6, 6.07) is -0.321. The fourth-order valence-corrected chi connectivity index (χ4v) is 1.09. The predicted octanol–water partition coefficient (Wildman–Crippen LogP) is -0.162. The van der Waals surface area contributed by atoms with E-state index in [2.05, 4.69) is 5.32 Å². The highest BCUT2D eigenvalue weighted by molar-refractivity contribution is 5.73. The van der Waals surface area contributed by atoms with Gasteiger partial charge in [-0.2, -0.15) is 0 Å². The number of carboxylic acids is 1. The molecule has 0 aromatic carbocycles. The van der Waals surface area contributed by atoms with Gasteiger partial charge < -0.3 is 9.84 Å². The van der Waals surface area contributed by atoms with Crippen molar-refractivity contribution >= 4 is 5.97 Å². The predicted molar refractivity (Wildman–Crippen MR) is 39.5 cm³/mol. The summed E-state index contributed by atoms with van der Waals surface area (Å²) in [5.74, 6) is -0.830. The summed E-state index contributed by atoms with van der Waals surface area (Å²) >= 11 is 0. The van der Waals surface area contributed by atoms with Crippen LogP contribution < -0.4 is 5.32 Å². The highest BCUT2D eigenvalue weighted by Gasteiger charge is 2.25. The highest BCUT2D eigenvalue weighted by Crippen LogP contribution is 2.02. The minimum Gasteiger partial charge on any atom is -0.480 e. The minimum atomic E-state index is -0.830. The Morgan fingerprint density at radius 3 is 3.00 bits per heavy atom. The molecule has 0 radical (unpaired) electrons. The highest BCUT2D eigenvalue weighted by atomic mass is 16.5. The molecule has 0 spiro atoms. The number of aliphatic carboxylic acids is 1. The largest absolute Gasteiger partial charge is 0.480 e. The molecule has 2 atom stereocenters. The van der Waals surface area contributed by atoms with Crippen molar-refractivity contribution < 1.29 is 14.6 Å². The lowest BCUT2D eigenvalue weighted by Crippen LogP contribution is -2.52. The van der Waals surface area contributed by atoms with Crippen LogP contribution in [0.3, 0.4) is 0 Å². The number of hydrogen-bond acceptors (Lipinski definition) is 3. The Labute approximate surface area is 65.5 Å². The van der Waals surface area contributed by atoms with E-state index in [9.17, 15) is 4.79 Å². The van der Waals surface area contributed by atoms with Gasteiger partial charge >= 0.3 is 5.97 Å². The van der Waals surface area contributed by atoms with Crippen LogP contribution in [-0.4, -0.2) is 36.4 Å². The van der Waals surface area contributed by atoms with E-state index >= 15 is 0 Å². The quantitative estimate of drug-likeness (QED) is 0.587. The van der Waals surface area contributed by atoms with Crippen molar-refractivity contribution in [3.8, 4) is 0 Å². The Bertz CT molecular complexity index is 149. The van der Waals surface area contributed by atoms with Crippen molar-refractivity contribution in [3.63, 3.8) is 0 Å². The van der Waals surface area contributed by atoms with Gasteiger partial charge in [0, 0.05) is 6.04 Å². The second-order valence-corrected chi connectivity index (χ2v) is 2.70. The van der Waals surface area contributed by atoms with Crippen molar-refractivity contribution in [2.45, 2.75) is 25.4 Å². The number of carboxylic acid groups (broad SMARTS) is 1. The molecule has 11 heavy (non-hydrogen) atoms. The third-order valence-electron chi connectivity index (χ3n) is 1.83. The first kappa shape index (κ1) is 8.49. The van der Waals surface area contributed by atoms with Gasteiger partial charge in [0.1, 0.15) is 6.04 Å². The molecule has 0 aromatic heterocycles. The zero-order valence-electron chi connectivity index (χ0n) is 6.54. The summed E-state index contributed by atoms with van der Waals surface area (Å²) in [6.07, 6.45) is 0.907. The van der Waals surface area contributed by atoms with Crippen LogP contribution in [0.25, 0.3) is 0 Å². The van der Waals surface area contributed by atoms with Gasteiger partial charge in [-0.3, -0.25) is 10.1 Å². The molecular formula is C7H13NO3. The maximum absolute atomic E-state index is 10.5. The fourth-order valence-electron chi connectivity index (χ4n) is 1.09. The molecule has 1 aliphatic heterocycles. The lowest BCUT2D eigenvalue weighted by molar-refractivity contribution is -0.143. The number of nitrogens with one attached hydrogen (secondary N) is 1. The number of ether oxygens (including phenoxy) is 1. The molecule has 0 saturated carbocycles. The molecule has 0 unspecified atom stereocenters. The standard InChI is InChI=1S/C7H13NO3/c1-2-5-3-11-4-6(8-5)7(9)10/h5-6,8H,2-4H2,1H3,(H,9,10)/t5-,6-/m1/s1. The van der Waals surface area contributed by atoms with Gasteiger partial charge in [-0.05, 0) is 6.42 Å². The van der Waals surface area contributed by atoms with Crippen LogP contribution in [0.5, 0.6) is 0 Å². The van der Waals surface area contributed by atoms with Crippen LogP contribution in [0.4, 0.5) is 0 Å². The number of hydrogen-bond donors (Lipinski definition) is 2. The van der Waals surface area contributed by atoms with Crippen molar-refractivity contribution in [3.05, 3.63) is 0 Å². The van der Waals surface area contributed by atoms with E-state index in [1.807, 2.05) is 6.92 Å². The third-order valence-corrected chi connectivity index (χ3v) is 1.83. The van der Waals surface area contributed by atoms with Crippen molar-refractivity contribution in [1.82, 2.24) is 5.32 Å². The van der Waals surface area contributed by atoms with Crippen molar-refractivity contribution in [1.29, 1.82) is 0 Å². The SMILES string of the molecule is CC[C@@H]1COC[C@H](C(=O)O)N1. The van der Waals surface area contributed by atoms with E-state index in [4.69, 9.17) is 9.84 Å². The molecule has 1 heterocycles. The Kier molecular flexibility index (Phi) is 2.84. The molecule has 0 aromatic rings. The summed E-state index contributed by atoms with van der Waals surface area (Å²) in [6.45, 7) is 2.91. The smallest absolute Gasteiger partial charge is 0.323 e. The summed E-state index contributed by atoms with van der Waals surface area (Å²) in [4.78, 5) is 10.5. The van der Waals surface area contributed by atoms with E-state index in [-0.39, 0.29) is 12.6 Å². The van der Waals surface area contributed by atoms with E-state index in [1.54, 1.807) is 0 Å². The lowest BCUT2D eigenvalue weighted by atomic mass is 10.1. The molecular weight excluding hydrogens is 146 g/mol. The maximum Gasteiger partial charge on any atom is 0.323 e. The van der Waals surface area contributed by atoms with Crippen LogP contribution in [0.1, 0.15) is 13.3 Å². The van der Waals surface area contributed by atoms with Gasteiger partial charge in [0.15, 0.2) is 0 Å². The molecule has 4 heteroatoms. The van der Waals surface area contributed by atoms with Gasteiger partial charge in [0.05, 0.1) is 13.2 Å². The Hall–Kier alpha value is -0.610. The second-order valence-electron chi connectivity index (χ2n) is 2.70. The molecule has 0 aliphatic carbocycles. The summed E-state index contributed by atoms with van der Waals surface area (Å²) in [5, 5.41) is 11.6. The normalized spacial score (nSPS) is 31.7. The fraction of sp³-hybridized carbons (Fsp3) is 0.857. The van der Waals surface area contributed by atoms with Crippen LogP contribution in [0.15, 0.2) is 0 Å². The molecule has 1 rings (SSSR count). The number of carbonyl (C=O) groups is 1. The molecule has 64 valence electrons. The Balaban J connectivity index is 2.39. The Morgan fingerprint density at radius 1 is 1.73 bits per heavy atom. The second kappa shape index (κ2) is 3.69. The van der Waals surface area contributed by atoms with Gasteiger partial charge in [-0.15, -0.1) is 0 Å². The zero-order valence-corrected chi connectivity index (χ0v) is 6.54. The summed E-state index contributed by atoms with van der Waals surface area (Å²) in [7, 11) is 0. The van der Waals surface area contributed by atoms with E-state index in [0.717, 1.165) is 6.42 Å². The average Bonchev–Trinajstić information content (AvgIpc) is 2.05. The number of rotatable bonds is 2. The third kappa shape index (κ3) is 2.17. The zero-order chi connectivity index (χ0) is 8.27. The van der Waals surface area contributed by atoms with Gasteiger partial charge in [0.25, 0.3) is 0 Å². The Morgan fingerprint density at radius 2 is 2.45 bits per heavy atom. The maximum atomic E-state index is 10.5. The van der Waals surface area contributed by atoms with Crippen molar-refractivity contribution in [2.24, 2.45) is 0 Å². The summed E-state index contributed by atoms with van der Waals surface area (Å²) < 4.78 is 5.10. The topological polar surface area (TPSA) is 58.6 Å². The van der Waals surface area contributed by atoms with Gasteiger partial charge in [-0.25, -0.2) is 0 Å². The molecule has 4 nitrogen and oxygen atoms in total. The monoisotopic (exact) mass is 159 g/mol. The van der Waals surface area contributed by atoms with Gasteiger partial charge in [0.2, 0.25) is 0 Å². The average molecular weight is 159 g/mol. The number of morpholine rings is 1. The van der Waals surface area contributed by atoms with E-state index in [1.165, 1.54) is 0 Å². The molecule has 1 saturated heterocycles. The molecule has 0 bridgehead atoms. The lowest BCUT2D eigenvalue weighted by Gasteiger charge is -2.27. The van der Waals surface area contributed by atoms with Gasteiger partial charge in [-0.1, -0.05) is 6.92 Å². The van der Waals surface area contributed by atoms with Crippen LogP contribution in [0.2, 0.25) is 0 Å². The van der Waals surface area contributed by atoms with E-state index in [0.29, 0.717) is 6.61 Å². The van der Waals surface area contributed by atoms with Crippen molar-refractivity contribution in [2.75, 3.05) is 13.2 Å². The molecule has 1 fully saturated rings. The molecule has 2 N–H and O–H groups in total. The molecule has 0 amide bonds. The van der Waals surface area contributed by atoms with Crippen LogP contribution >= 0.6 is 0 Å². The first-order valence-electron chi connectivity index (χ1n) is 3.80. The van der Waals surface area contributed by atoms with Crippen LogP contribution in [-0.2, 0) is 9.53 Å². The molecule has 1 aliphatic rings. The first-order chi connectivity index (χ1) is 5.24. The van der Waals surface area contributed by atoms with Crippen LogP contribution in [0, 0.1) is 0 Å². The minimum absolute atomic E-state index is 0.199.